The highest BCUT2D eigenvalue weighted by molar-refractivity contribution is 5.79. The summed E-state index contributed by atoms with van der Waals surface area (Å²) in [6, 6.07) is -0.748. The minimum atomic E-state index is -0.955. The van der Waals surface area contributed by atoms with E-state index in [4.69, 9.17) is 0 Å². The van der Waals surface area contributed by atoms with Gasteiger partial charge >= 0.3 is 11.7 Å². The molecular formula is C12H18N4O4. The van der Waals surface area contributed by atoms with E-state index < -0.39 is 16.9 Å². The van der Waals surface area contributed by atoms with Gasteiger partial charge in [-0.2, -0.15) is 0 Å². The number of aryl methyl sites for hydroxylation is 1. The van der Waals surface area contributed by atoms with E-state index in [0.29, 0.717) is 18.9 Å². The maximum atomic E-state index is 11.4. The number of hydrogen-bond acceptors (Lipinski definition) is 5. The molecule has 1 fully saturated rings. The second-order valence-corrected chi connectivity index (χ2v) is 5.11. The Morgan fingerprint density at radius 1 is 1.65 bits per heavy atom. The lowest BCUT2D eigenvalue weighted by atomic mass is 9.89. The Morgan fingerprint density at radius 2 is 2.35 bits per heavy atom. The topological polar surface area (TPSA) is 102 Å². The number of carbonyl (C=O) groups is 1. The molecule has 0 radical (unpaired) electrons. The number of aromatic nitrogens is 2. The molecule has 8 nitrogen and oxygen atoms in total. The van der Waals surface area contributed by atoms with Crippen LogP contribution < -0.4 is 4.90 Å². The Bertz CT molecular complexity index is 528. The summed E-state index contributed by atoms with van der Waals surface area (Å²) in [7, 11) is 1.59. The van der Waals surface area contributed by atoms with Gasteiger partial charge in [0.25, 0.3) is 0 Å². The van der Waals surface area contributed by atoms with Crippen LogP contribution in [0.15, 0.2) is 6.20 Å². The third-order valence-electron chi connectivity index (χ3n) is 3.83. The standard InChI is InChI=1S/C12H18N4O4/c1-3-8-4-5-15(9(6-8)12(17)18)11-10(16(19)20)7-14(2)13-11/h7-9H,3-6H2,1-2H3,(H,17,18). The average Bonchev–Trinajstić information content (AvgIpc) is 2.80. The summed E-state index contributed by atoms with van der Waals surface area (Å²) in [4.78, 5) is 23.5. The summed E-state index contributed by atoms with van der Waals surface area (Å²) in [6.45, 7) is 2.51. The average molecular weight is 282 g/mol. The number of nitrogens with zero attached hydrogens (tertiary/aromatic N) is 4. The Hall–Kier alpha value is -2.12. The number of rotatable bonds is 4. The van der Waals surface area contributed by atoms with Gasteiger partial charge in [0.2, 0.25) is 5.82 Å². The zero-order valence-corrected chi connectivity index (χ0v) is 11.5. The third kappa shape index (κ3) is 2.59. The van der Waals surface area contributed by atoms with Crippen LogP contribution in [0.4, 0.5) is 11.5 Å². The fraction of sp³-hybridized carbons (Fsp3) is 0.667. The van der Waals surface area contributed by atoms with Crippen LogP contribution in [-0.2, 0) is 11.8 Å². The molecule has 2 unspecified atom stereocenters. The molecule has 2 atom stereocenters. The molecule has 0 amide bonds. The van der Waals surface area contributed by atoms with Gasteiger partial charge in [0.05, 0.1) is 4.92 Å². The number of aliphatic carboxylic acids is 1. The lowest BCUT2D eigenvalue weighted by molar-refractivity contribution is -0.384. The van der Waals surface area contributed by atoms with E-state index in [1.165, 1.54) is 10.9 Å². The van der Waals surface area contributed by atoms with Gasteiger partial charge in [0, 0.05) is 13.6 Å². The first-order valence-corrected chi connectivity index (χ1v) is 6.61. The summed E-state index contributed by atoms with van der Waals surface area (Å²) in [5, 5.41) is 24.5. The van der Waals surface area contributed by atoms with Gasteiger partial charge in [-0.15, -0.1) is 5.10 Å². The molecule has 0 spiro atoms. The predicted octanol–water partition coefficient (Wildman–Crippen LogP) is 1.41. The summed E-state index contributed by atoms with van der Waals surface area (Å²) in [6.07, 6.45) is 3.55. The number of carboxylic acid groups (broad SMARTS) is 1. The van der Waals surface area contributed by atoms with Crippen molar-refractivity contribution < 1.29 is 14.8 Å². The Morgan fingerprint density at radius 3 is 2.90 bits per heavy atom. The quantitative estimate of drug-likeness (QED) is 0.661. The van der Waals surface area contributed by atoms with Crippen LogP contribution in [-0.4, -0.2) is 38.4 Å². The molecule has 0 saturated carbocycles. The van der Waals surface area contributed by atoms with E-state index in [0.717, 1.165) is 12.8 Å². The van der Waals surface area contributed by atoms with E-state index in [9.17, 15) is 20.0 Å². The molecule has 8 heteroatoms. The Kier molecular flexibility index (Phi) is 3.91. The highest BCUT2D eigenvalue weighted by atomic mass is 16.6. The maximum Gasteiger partial charge on any atom is 0.330 e. The van der Waals surface area contributed by atoms with Gasteiger partial charge < -0.3 is 10.0 Å². The van der Waals surface area contributed by atoms with Crippen LogP contribution in [0, 0.1) is 16.0 Å². The summed E-state index contributed by atoms with van der Waals surface area (Å²) >= 11 is 0. The lowest BCUT2D eigenvalue weighted by Gasteiger charge is -2.36. The zero-order valence-electron chi connectivity index (χ0n) is 11.5. The van der Waals surface area contributed by atoms with Crippen LogP contribution in [0.25, 0.3) is 0 Å². The first kappa shape index (κ1) is 14.3. The molecule has 2 heterocycles. The minimum absolute atomic E-state index is 0.145. The molecule has 1 aromatic heterocycles. The van der Waals surface area contributed by atoms with Crippen molar-refractivity contribution in [2.24, 2.45) is 13.0 Å². The van der Waals surface area contributed by atoms with Gasteiger partial charge in [0.1, 0.15) is 12.2 Å². The van der Waals surface area contributed by atoms with Crippen LogP contribution >= 0.6 is 0 Å². The highest BCUT2D eigenvalue weighted by Crippen LogP contribution is 2.34. The summed E-state index contributed by atoms with van der Waals surface area (Å²) in [5.74, 6) is -0.460. The smallest absolute Gasteiger partial charge is 0.330 e. The van der Waals surface area contributed by atoms with Crippen molar-refractivity contribution in [3.8, 4) is 0 Å². The SMILES string of the molecule is CCC1CCN(c2nn(C)cc2[N+](=O)[O-])C(C(=O)O)C1. The van der Waals surface area contributed by atoms with Gasteiger partial charge in [-0.1, -0.05) is 13.3 Å². The molecule has 2 rings (SSSR count). The van der Waals surface area contributed by atoms with E-state index in [-0.39, 0.29) is 11.5 Å². The third-order valence-corrected chi connectivity index (χ3v) is 3.83. The molecule has 0 aliphatic carbocycles. The largest absolute Gasteiger partial charge is 0.480 e. The lowest BCUT2D eigenvalue weighted by Crippen LogP contribution is -2.47. The zero-order chi connectivity index (χ0) is 14.9. The monoisotopic (exact) mass is 282 g/mol. The number of nitro groups is 1. The fourth-order valence-electron chi connectivity index (χ4n) is 2.69. The molecular weight excluding hydrogens is 264 g/mol. The minimum Gasteiger partial charge on any atom is -0.480 e. The first-order valence-electron chi connectivity index (χ1n) is 6.61. The highest BCUT2D eigenvalue weighted by Gasteiger charge is 2.37. The predicted molar refractivity (Wildman–Crippen MR) is 71.6 cm³/mol. The molecule has 1 aromatic rings. The Balaban J connectivity index is 2.35. The van der Waals surface area contributed by atoms with Crippen LogP contribution in [0.2, 0.25) is 0 Å². The molecule has 1 aliphatic rings. The second kappa shape index (κ2) is 5.48. The van der Waals surface area contributed by atoms with Gasteiger partial charge in [0.15, 0.2) is 0 Å². The second-order valence-electron chi connectivity index (χ2n) is 5.11. The van der Waals surface area contributed by atoms with Gasteiger partial charge in [-0.3, -0.25) is 14.8 Å². The van der Waals surface area contributed by atoms with Crippen molar-refractivity contribution in [1.29, 1.82) is 0 Å². The fourth-order valence-corrected chi connectivity index (χ4v) is 2.69. The van der Waals surface area contributed by atoms with Crippen molar-refractivity contribution in [2.75, 3.05) is 11.4 Å². The van der Waals surface area contributed by atoms with Crippen LogP contribution in [0.5, 0.6) is 0 Å². The van der Waals surface area contributed by atoms with Crippen molar-refractivity contribution in [2.45, 2.75) is 32.2 Å². The molecule has 1 aliphatic heterocycles. The first-order chi connectivity index (χ1) is 9.43. The van der Waals surface area contributed by atoms with Gasteiger partial charge in [-0.05, 0) is 18.8 Å². The molecule has 110 valence electrons. The van der Waals surface area contributed by atoms with Crippen molar-refractivity contribution in [3.63, 3.8) is 0 Å². The normalized spacial score (nSPS) is 22.8. The van der Waals surface area contributed by atoms with Crippen LogP contribution in [0.3, 0.4) is 0 Å². The molecule has 0 aromatic carbocycles. The van der Waals surface area contributed by atoms with Crippen LogP contribution in [0.1, 0.15) is 26.2 Å². The molecule has 20 heavy (non-hydrogen) atoms. The van der Waals surface area contributed by atoms with E-state index >= 15 is 0 Å². The van der Waals surface area contributed by atoms with E-state index in [1.54, 1.807) is 11.9 Å². The maximum absolute atomic E-state index is 11.4. The Labute approximate surface area is 116 Å². The molecule has 0 bridgehead atoms. The molecule has 1 saturated heterocycles. The van der Waals surface area contributed by atoms with E-state index in [2.05, 4.69) is 5.10 Å². The van der Waals surface area contributed by atoms with Crippen molar-refractivity contribution in [3.05, 3.63) is 16.3 Å². The van der Waals surface area contributed by atoms with Gasteiger partial charge in [-0.25, -0.2) is 4.79 Å². The van der Waals surface area contributed by atoms with Crippen molar-refractivity contribution in [1.82, 2.24) is 9.78 Å². The number of anilines is 1. The van der Waals surface area contributed by atoms with Crippen molar-refractivity contribution >= 4 is 17.5 Å². The number of piperidine rings is 1. The summed E-state index contributed by atoms with van der Waals surface area (Å²) < 4.78 is 1.35. The molecule has 1 N–H and O–H groups in total. The van der Waals surface area contributed by atoms with E-state index in [1.807, 2.05) is 6.92 Å². The number of carboxylic acids is 1. The summed E-state index contributed by atoms with van der Waals surface area (Å²) in [5.41, 5.74) is -0.145. The number of hydrogen-bond donors (Lipinski definition) is 1.